The van der Waals surface area contributed by atoms with Gasteiger partial charge in [-0.3, -0.25) is 9.89 Å². The molecule has 3 rings (SSSR count). The van der Waals surface area contributed by atoms with E-state index in [0.29, 0.717) is 36.3 Å². The summed E-state index contributed by atoms with van der Waals surface area (Å²) in [5.41, 5.74) is 1.77. The monoisotopic (exact) mass is 379 g/mol. The van der Waals surface area contributed by atoms with E-state index < -0.39 is 9.84 Å². The fourth-order valence-corrected chi connectivity index (χ4v) is 5.16. The highest BCUT2D eigenvalue weighted by Gasteiger charge is 2.29. The highest BCUT2D eigenvalue weighted by molar-refractivity contribution is 7.91. The number of hydrogen-bond donors (Lipinski definition) is 1. The maximum absolute atomic E-state index is 13.5. The van der Waals surface area contributed by atoms with Crippen LogP contribution < -0.4 is 0 Å². The zero-order valence-corrected chi connectivity index (χ0v) is 15.4. The van der Waals surface area contributed by atoms with Gasteiger partial charge in [-0.05, 0) is 49.4 Å². The first kappa shape index (κ1) is 18.6. The zero-order chi connectivity index (χ0) is 18.7. The summed E-state index contributed by atoms with van der Waals surface area (Å²) in [7, 11) is -2.95. The number of halogens is 1. The normalized spacial score (nSPS) is 18.8. The van der Waals surface area contributed by atoms with Crippen molar-refractivity contribution in [2.75, 3.05) is 18.1 Å². The first-order valence-corrected chi connectivity index (χ1v) is 10.4. The molecular weight excluding hydrogens is 357 g/mol. The maximum Gasteiger partial charge on any atom is 0.272 e. The van der Waals surface area contributed by atoms with Crippen molar-refractivity contribution in [1.82, 2.24) is 15.1 Å². The molecule has 1 aromatic carbocycles. The minimum atomic E-state index is -2.95. The molecule has 0 radical (unpaired) electrons. The lowest BCUT2D eigenvalue weighted by Gasteiger charge is -2.23. The van der Waals surface area contributed by atoms with Gasteiger partial charge in [-0.25, -0.2) is 12.8 Å². The predicted octanol–water partition coefficient (Wildman–Crippen LogP) is 2.32. The SMILES string of the molecule is Cc1cc(C(=O)N(CCC2CCS(=O)(=O)C2)Cc2cccc(F)c2)[nH]n1. The fraction of sp³-hybridized carbons (Fsp3) is 0.444. The number of aromatic amines is 1. The lowest BCUT2D eigenvalue weighted by molar-refractivity contribution is 0.0728. The Morgan fingerprint density at radius 2 is 2.19 bits per heavy atom. The highest BCUT2D eigenvalue weighted by Crippen LogP contribution is 2.23. The van der Waals surface area contributed by atoms with Crippen LogP contribution >= 0.6 is 0 Å². The van der Waals surface area contributed by atoms with Gasteiger partial charge in [0, 0.05) is 13.1 Å². The van der Waals surface area contributed by atoms with Gasteiger partial charge in [-0.2, -0.15) is 5.10 Å². The van der Waals surface area contributed by atoms with Crippen LogP contribution in [0.25, 0.3) is 0 Å². The van der Waals surface area contributed by atoms with Gasteiger partial charge >= 0.3 is 0 Å². The average Bonchev–Trinajstić information content (AvgIpc) is 3.16. The molecule has 1 aliphatic heterocycles. The van der Waals surface area contributed by atoms with E-state index in [1.54, 1.807) is 30.0 Å². The second-order valence-electron chi connectivity index (χ2n) is 6.84. The average molecular weight is 379 g/mol. The lowest BCUT2D eigenvalue weighted by Crippen LogP contribution is -2.33. The Morgan fingerprint density at radius 1 is 1.38 bits per heavy atom. The van der Waals surface area contributed by atoms with Gasteiger partial charge in [0.15, 0.2) is 9.84 Å². The summed E-state index contributed by atoms with van der Waals surface area (Å²) in [6, 6.07) is 7.80. The van der Waals surface area contributed by atoms with Crippen LogP contribution in [-0.4, -0.2) is 47.5 Å². The third kappa shape index (κ3) is 4.69. The number of hydrogen-bond acceptors (Lipinski definition) is 4. The van der Waals surface area contributed by atoms with Gasteiger partial charge in [-0.15, -0.1) is 0 Å². The molecular formula is C18H22FN3O3S. The smallest absolute Gasteiger partial charge is 0.272 e. The number of nitrogens with one attached hydrogen (secondary N) is 1. The summed E-state index contributed by atoms with van der Waals surface area (Å²) < 4.78 is 36.7. The number of nitrogens with zero attached hydrogens (tertiary/aromatic N) is 2. The molecule has 1 atom stereocenters. The molecule has 140 valence electrons. The highest BCUT2D eigenvalue weighted by atomic mass is 32.2. The molecule has 0 saturated carbocycles. The van der Waals surface area contributed by atoms with Crippen LogP contribution in [-0.2, 0) is 16.4 Å². The van der Waals surface area contributed by atoms with Crippen molar-refractivity contribution in [3.63, 3.8) is 0 Å². The van der Waals surface area contributed by atoms with E-state index in [2.05, 4.69) is 10.2 Å². The second-order valence-corrected chi connectivity index (χ2v) is 9.07. The number of amides is 1. The molecule has 1 saturated heterocycles. The molecule has 1 unspecified atom stereocenters. The summed E-state index contributed by atoms with van der Waals surface area (Å²) in [5, 5.41) is 6.70. The van der Waals surface area contributed by atoms with Crippen LogP contribution in [0.1, 0.15) is 34.6 Å². The van der Waals surface area contributed by atoms with Crippen LogP contribution in [0.15, 0.2) is 30.3 Å². The van der Waals surface area contributed by atoms with E-state index >= 15 is 0 Å². The number of rotatable bonds is 6. The van der Waals surface area contributed by atoms with E-state index in [0.717, 1.165) is 0 Å². The Labute approximate surface area is 152 Å². The number of sulfone groups is 1. The summed E-state index contributed by atoms with van der Waals surface area (Å²) >= 11 is 0. The van der Waals surface area contributed by atoms with Crippen LogP contribution in [0.4, 0.5) is 4.39 Å². The van der Waals surface area contributed by atoms with Crippen LogP contribution in [0.3, 0.4) is 0 Å². The standard InChI is InChI=1S/C18H22FN3O3S/c1-13-9-17(21-20-13)18(23)22(11-15-3-2-4-16(19)10-15)7-5-14-6-8-26(24,25)12-14/h2-4,9-10,14H,5-8,11-12H2,1H3,(H,20,21). The molecule has 2 aromatic rings. The van der Waals surface area contributed by atoms with Gasteiger partial charge in [0.1, 0.15) is 11.5 Å². The molecule has 26 heavy (non-hydrogen) atoms. The van der Waals surface area contributed by atoms with E-state index in [1.807, 2.05) is 0 Å². The number of carbonyl (C=O) groups is 1. The zero-order valence-electron chi connectivity index (χ0n) is 14.6. The fourth-order valence-electron chi connectivity index (χ4n) is 3.25. The Morgan fingerprint density at radius 3 is 2.81 bits per heavy atom. The Bertz CT molecular complexity index is 895. The number of aromatic nitrogens is 2. The number of aryl methyl sites for hydroxylation is 1. The summed E-state index contributed by atoms with van der Waals surface area (Å²) in [5.74, 6) is -0.121. The van der Waals surface area contributed by atoms with E-state index in [1.165, 1.54) is 12.1 Å². The van der Waals surface area contributed by atoms with E-state index in [4.69, 9.17) is 0 Å². The van der Waals surface area contributed by atoms with Gasteiger partial charge in [0.2, 0.25) is 0 Å². The molecule has 2 heterocycles. The largest absolute Gasteiger partial charge is 0.333 e. The van der Waals surface area contributed by atoms with Crippen molar-refractivity contribution in [1.29, 1.82) is 0 Å². The lowest BCUT2D eigenvalue weighted by atomic mass is 10.0. The topological polar surface area (TPSA) is 83.1 Å². The van der Waals surface area contributed by atoms with Gasteiger partial charge < -0.3 is 4.90 Å². The van der Waals surface area contributed by atoms with Crippen molar-refractivity contribution in [3.05, 3.63) is 53.1 Å². The van der Waals surface area contributed by atoms with Crippen molar-refractivity contribution in [2.45, 2.75) is 26.3 Å². The van der Waals surface area contributed by atoms with E-state index in [-0.39, 0.29) is 35.7 Å². The summed E-state index contributed by atoms with van der Waals surface area (Å²) in [6.07, 6.45) is 1.24. The van der Waals surface area contributed by atoms with Crippen LogP contribution in [0.2, 0.25) is 0 Å². The Kier molecular flexibility index (Phi) is 5.41. The molecule has 1 aromatic heterocycles. The summed E-state index contributed by atoms with van der Waals surface area (Å²) in [4.78, 5) is 14.4. The number of carbonyl (C=O) groups excluding carboxylic acids is 1. The molecule has 1 fully saturated rings. The Balaban J connectivity index is 1.73. The molecule has 0 bridgehead atoms. The first-order valence-electron chi connectivity index (χ1n) is 8.58. The van der Waals surface area contributed by atoms with Crippen molar-refractivity contribution < 1.29 is 17.6 Å². The third-order valence-electron chi connectivity index (χ3n) is 4.62. The van der Waals surface area contributed by atoms with Crippen LogP contribution in [0, 0.1) is 18.7 Å². The molecule has 8 heteroatoms. The molecule has 0 spiro atoms. The minimum Gasteiger partial charge on any atom is -0.333 e. The van der Waals surface area contributed by atoms with Crippen molar-refractivity contribution in [3.8, 4) is 0 Å². The quantitative estimate of drug-likeness (QED) is 0.835. The second kappa shape index (κ2) is 7.57. The van der Waals surface area contributed by atoms with Gasteiger partial charge in [0.25, 0.3) is 5.91 Å². The van der Waals surface area contributed by atoms with Crippen LogP contribution in [0.5, 0.6) is 0 Å². The Hall–Kier alpha value is -2.22. The summed E-state index contributed by atoms with van der Waals surface area (Å²) in [6.45, 7) is 2.45. The molecule has 1 amide bonds. The van der Waals surface area contributed by atoms with Crippen molar-refractivity contribution >= 4 is 15.7 Å². The molecule has 1 aliphatic rings. The van der Waals surface area contributed by atoms with E-state index in [9.17, 15) is 17.6 Å². The first-order chi connectivity index (χ1) is 12.3. The van der Waals surface area contributed by atoms with Crippen molar-refractivity contribution in [2.24, 2.45) is 5.92 Å². The molecule has 0 aliphatic carbocycles. The molecule has 1 N–H and O–H groups in total. The maximum atomic E-state index is 13.5. The minimum absolute atomic E-state index is 0.0614. The van der Waals surface area contributed by atoms with Gasteiger partial charge in [0.05, 0.1) is 17.2 Å². The number of benzene rings is 1. The third-order valence-corrected chi connectivity index (χ3v) is 6.46. The predicted molar refractivity (Wildman–Crippen MR) is 95.8 cm³/mol. The number of H-pyrrole nitrogens is 1. The van der Waals surface area contributed by atoms with Gasteiger partial charge in [-0.1, -0.05) is 12.1 Å². The molecule has 6 nitrogen and oxygen atoms in total.